The molecule has 4 rings (SSSR count). The van der Waals surface area contributed by atoms with E-state index in [4.69, 9.17) is 11.6 Å². The number of nitrogens with zero attached hydrogens (tertiary/aromatic N) is 1. The van der Waals surface area contributed by atoms with Gasteiger partial charge in [-0.2, -0.15) is 0 Å². The van der Waals surface area contributed by atoms with E-state index in [2.05, 4.69) is 10.6 Å². The average Bonchev–Trinajstić information content (AvgIpc) is 2.92. The van der Waals surface area contributed by atoms with Gasteiger partial charge in [0.25, 0.3) is 5.91 Å². The summed E-state index contributed by atoms with van der Waals surface area (Å²) in [5.74, 6) is -0.828. The fourth-order valence-electron chi connectivity index (χ4n) is 4.06. The van der Waals surface area contributed by atoms with Gasteiger partial charge in [0.1, 0.15) is 11.6 Å². The Bertz CT molecular complexity index is 977. The summed E-state index contributed by atoms with van der Waals surface area (Å²) in [5, 5.41) is 6.07. The number of imide groups is 1. The molecule has 4 amide bonds. The fourth-order valence-corrected chi connectivity index (χ4v) is 4.25. The van der Waals surface area contributed by atoms with E-state index in [0.29, 0.717) is 17.1 Å². The summed E-state index contributed by atoms with van der Waals surface area (Å²) in [6, 6.07) is 12.9. The zero-order valence-corrected chi connectivity index (χ0v) is 16.1. The molecule has 0 radical (unpaired) electrons. The molecular weight excluding hydrogens is 378 g/mol. The van der Waals surface area contributed by atoms with Crippen LogP contribution in [0.4, 0.5) is 10.5 Å². The van der Waals surface area contributed by atoms with Crippen LogP contribution in [0, 0.1) is 0 Å². The minimum atomic E-state index is -1.09. The van der Waals surface area contributed by atoms with E-state index in [-0.39, 0.29) is 5.91 Å². The number of halogens is 1. The van der Waals surface area contributed by atoms with Crippen LogP contribution in [0.15, 0.2) is 48.5 Å². The normalized spacial score (nSPS) is 22.0. The van der Waals surface area contributed by atoms with Gasteiger partial charge in [-0.3, -0.25) is 9.59 Å². The number of urea groups is 1. The van der Waals surface area contributed by atoms with E-state index < -0.39 is 23.5 Å². The minimum Gasteiger partial charge on any atom is -0.324 e. The zero-order valence-electron chi connectivity index (χ0n) is 15.4. The Morgan fingerprint density at radius 3 is 2.79 bits per heavy atom. The Morgan fingerprint density at radius 1 is 1.21 bits per heavy atom. The van der Waals surface area contributed by atoms with Crippen LogP contribution in [-0.2, 0) is 21.5 Å². The first-order valence-corrected chi connectivity index (χ1v) is 9.61. The topological polar surface area (TPSA) is 78.5 Å². The monoisotopic (exact) mass is 397 g/mol. The SMILES string of the molecule is C[C@@H](C(=O)Nc1cccc(Cl)c1)N1C(=O)N[C@@]2(CCCc3ccccc32)C1=O. The van der Waals surface area contributed by atoms with Crippen LogP contribution >= 0.6 is 11.6 Å². The molecule has 0 aromatic heterocycles. The second kappa shape index (κ2) is 6.95. The lowest BCUT2D eigenvalue weighted by molar-refractivity contribution is -0.137. The van der Waals surface area contributed by atoms with Gasteiger partial charge in [0.15, 0.2) is 0 Å². The minimum absolute atomic E-state index is 0.376. The summed E-state index contributed by atoms with van der Waals surface area (Å²) in [5.41, 5.74) is 1.30. The van der Waals surface area contributed by atoms with Gasteiger partial charge in [-0.15, -0.1) is 0 Å². The van der Waals surface area contributed by atoms with Gasteiger partial charge in [0.2, 0.25) is 5.91 Å². The fraction of sp³-hybridized carbons (Fsp3) is 0.286. The number of fused-ring (bicyclic) bond motifs is 2. The van der Waals surface area contributed by atoms with E-state index in [0.717, 1.165) is 28.9 Å². The summed E-state index contributed by atoms with van der Waals surface area (Å²) < 4.78 is 0. The number of aryl methyl sites for hydroxylation is 1. The number of hydrogen-bond donors (Lipinski definition) is 2. The highest BCUT2D eigenvalue weighted by molar-refractivity contribution is 6.30. The molecule has 1 heterocycles. The van der Waals surface area contributed by atoms with Gasteiger partial charge in [-0.1, -0.05) is 41.9 Å². The Labute approximate surface area is 167 Å². The quantitative estimate of drug-likeness (QED) is 0.778. The van der Waals surface area contributed by atoms with Crippen LogP contribution in [0.1, 0.15) is 30.9 Å². The van der Waals surface area contributed by atoms with Crippen molar-refractivity contribution in [1.82, 2.24) is 10.2 Å². The first-order valence-electron chi connectivity index (χ1n) is 9.23. The van der Waals surface area contributed by atoms with Crippen molar-refractivity contribution < 1.29 is 14.4 Å². The van der Waals surface area contributed by atoms with E-state index in [1.54, 1.807) is 31.2 Å². The molecular formula is C21H20ClN3O3. The lowest BCUT2D eigenvalue weighted by Gasteiger charge is -2.33. The third-order valence-corrected chi connectivity index (χ3v) is 5.69. The van der Waals surface area contributed by atoms with Crippen LogP contribution in [0.25, 0.3) is 0 Å². The number of nitrogens with one attached hydrogen (secondary N) is 2. The predicted molar refractivity (Wildman–Crippen MR) is 106 cm³/mol. The molecule has 1 aliphatic heterocycles. The van der Waals surface area contributed by atoms with Crippen molar-refractivity contribution >= 4 is 35.1 Å². The van der Waals surface area contributed by atoms with Crippen LogP contribution in [0.3, 0.4) is 0 Å². The second-order valence-corrected chi connectivity index (χ2v) is 7.63. The van der Waals surface area contributed by atoms with Gasteiger partial charge in [-0.05, 0) is 55.5 Å². The number of carbonyl (C=O) groups excluding carboxylic acids is 3. The Hall–Kier alpha value is -2.86. The maximum atomic E-state index is 13.3. The highest BCUT2D eigenvalue weighted by Crippen LogP contribution is 2.40. The van der Waals surface area contributed by atoms with Crippen LogP contribution in [-0.4, -0.2) is 28.8 Å². The molecule has 2 atom stereocenters. The molecule has 1 spiro atoms. The summed E-state index contributed by atoms with van der Waals surface area (Å²) in [6.07, 6.45) is 2.18. The molecule has 0 bridgehead atoms. The summed E-state index contributed by atoms with van der Waals surface area (Å²) >= 11 is 5.95. The van der Waals surface area contributed by atoms with Crippen molar-refractivity contribution in [2.75, 3.05) is 5.32 Å². The number of amides is 4. The molecule has 28 heavy (non-hydrogen) atoms. The van der Waals surface area contributed by atoms with Gasteiger partial charge in [-0.25, -0.2) is 9.69 Å². The van der Waals surface area contributed by atoms with Crippen LogP contribution < -0.4 is 10.6 Å². The third kappa shape index (κ3) is 2.94. The summed E-state index contributed by atoms with van der Waals surface area (Å²) in [4.78, 5) is 39.8. The largest absolute Gasteiger partial charge is 0.326 e. The first kappa shape index (κ1) is 18.5. The molecule has 2 aromatic rings. The highest BCUT2D eigenvalue weighted by Gasteiger charge is 2.55. The Balaban J connectivity index is 1.60. The number of carbonyl (C=O) groups is 3. The molecule has 0 unspecified atom stereocenters. The molecule has 2 aromatic carbocycles. The average molecular weight is 398 g/mol. The van der Waals surface area contributed by atoms with Crippen molar-refractivity contribution in [3.8, 4) is 0 Å². The smallest absolute Gasteiger partial charge is 0.324 e. The molecule has 6 nitrogen and oxygen atoms in total. The van der Waals surface area contributed by atoms with Crippen molar-refractivity contribution in [2.24, 2.45) is 0 Å². The maximum Gasteiger partial charge on any atom is 0.326 e. The Kier molecular flexibility index (Phi) is 4.59. The van der Waals surface area contributed by atoms with Crippen molar-refractivity contribution in [3.05, 3.63) is 64.7 Å². The summed E-state index contributed by atoms with van der Waals surface area (Å²) in [7, 11) is 0. The van der Waals surface area contributed by atoms with E-state index in [9.17, 15) is 14.4 Å². The third-order valence-electron chi connectivity index (χ3n) is 5.46. The Morgan fingerprint density at radius 2 is 2.00 bits per heavy atom. The lowest BCUT2D eigenvalue weighted by Crippen LogP contribution is -2.49. The molecule has 1 saturated heterocycles. The molecule has 2 N–H and O–H groups in total. The molecule has 1 fully saturated rings. The highest BCUT2D eigenvalue weighted by atomic mass is 35.5. The molecule has 7 heteroatoms. The zero-order chi connectivity index (χ0) is 19.9. The number of hydrogen-bond acceptors (Lipinski definition) is 3. The number of benzene rings is 2. The van der Waals surface area contributed by atoms with E-state index in [1.165, 1.54) is 0 Å². The van der Waals surface area contributed by atoms with Gasteiger partial charge < -0.3 is 10.6 Å². The van der Waals surface area contributed by atoms with Gasteiger partial charge in [0.05, 0.1) is 0 Å². The van der Waals surface area contributed by atoms with E-state index in [1.807, 2.05) is 24.3 Å². The molecule has 144 valence electrons. The van der Waals surface area contributed by atoms with Crippen LogP contribution in [0.2, 0.25) is 5.02 Å². The van der Waals surface area contributed by atoms with Crippen molar-refractivity contribution in [3.63, 3.8) is 0 Å². The number of rotatable bonds is 3. The maximum absolute atomic E-state index is 13.3. The molecule has 1 aliphatic carbocycles. The van der Waals surface area contributed by atoms with Gasteiger partial charge >= 0.3 is 6.03 Å². The van der Waals surface area contributed by atoms with Gasteiger partial charge in [0, 0.05) is 10.7 Å². The standard InChI is InChI=1S/C21H20ClN3O3/c1-13(18(26)23-16-9-4-8-15(22)12-16)25-19(27)21(24-20(25)28)11-5-7-14-6-2-3-10-17(14)21/h2-4,6,8-10,12-13H,5,7,11H2,1H3,(H,23,26)(H,24,28)/t13-,21+/m0/s1. The lowest BCUT2D eigenvalue weighted by atomic mass is 9.76. The van der Waals surface area contributed by atoms with Crippen LogP contribution in [0.5, 0.6) is 0 Å². The first-order chi connectivity index (χ1) is 13.4. The predicted octanol–water partition coefficient (Wildman–Crippen LogP) is 3.45. The number of anilines is 1. The summed E-state index contributed by atoms with van der Waals surface area (Å²) in [6.45, 7) is 1.55. The van der Waals surface area contributed by atoms with Crippen molar-refractivity contribution in [2.45, 2.75) is 37.8 Å². The van der Waals surface area contributed by atoms with Crippen molar-refractivity contribution in [1.29, 1.82) is 0 Å². The molecule has 2 aliphatic rings. The molecule has 0 saturated carbocycles. The second-order valence-electron chi connectivity index (χ2n) is 7.20. The van der Waals surface area contributed by atoms with E-state index >= 15 is 0 Å².